The van der Waals surface area contributed by atoms with Crippen LogP contribution in [0, 0.1) is 12.7 Å². The van der Waals surface area contributed by atoms with Crippen molar-refractivity contribution >= 4 is 17.4 Å². The van der Waals surface area contributed by atoms with Crippen molar-refractivity contribution in [2.75, 3.05) is 11.9 Å². The first-order valence-electron chi connectivity index (χ1n) is 6.79. The zero-order chi connectivity index (χ0) is 15.4. The van der Waals surface area contributed by atoms with Crippen LogP contribution in [0.3, 0.4) is 0 Å². The number of nitrogens with one attached hydrogen (secondary N) is 1. The minimum Gasteiger partial charge on any atom is -0.438 e. The first-order chi connectivity index (χ1) is 10.0. The molecule has 0 saturated heterocycles. The summed E-state index contributed by atoms with van der Waals surface area (Å²) in [6.45, 7) is 6.59. The van der Waals surface area contributed by atoms with E-state index in [9.17, 15) is 4.39 Å². The Bertz CT molecular complexity index is 649. The molecule has 112 valence electrons. The Morgan fingerprint density at radius 1 is 1.29 bits per heavy atom. The second-order valence-electron chi connectivity index (χ2n) is 4.48. The van der Waals surface area contributed by atoms with Crippen LogP contribution in [0.2, 0.25) is 5.02 Å². The number of ether oxygens (including phenoxy) is 1. The third-order valence-electron chi connectivity index (χ3n) is 2.91. The summed E-state index contributed by atoms with van der Waals surface area (Å²) in [6, 6.07) is 4.21. The van der Waals surface area contributed by atoms with Gasteiger partial charge < -0.3 is 10.1 Å². The number of anilines is 1. The highest BCUT2D eigenvalue weighted by Gasteiger charge is 2.12. The topological polar surface area (TPSA) is 47.0 Å². The van der Waals surface area contributed by atoms with Gasteiger partial charge in [-0.2, -0.15) is 4.98 Å². The lowest BCUT2D eigenvalue weighted by Gasteiger charge is -2.13. The molecule has 0 aliphatic carbocycles. The van der Waals surface area contributed by atoms with Gasteiger partial charge in [-0.3, -0.25) is 0 Å². The van der Waals surface area contributed by atoms with Crippen LogP contribution in [0.15, 0.2) is 18.2 Å². The van der Waals surface area contributed by atoms with E-state index in [0.717, 1.165) is 17.9 Å². The Hall–Kier alpha value is -1.88. The number of benzene rings is 1. The molecule has 0 aliphatic rings. The lowest BCUT2D eigenvalue weighted by Crippen LogP contribution is -2.07. The first-order valence-corrected chi connectivity index (χ1v) is 7.17. The zero-order valence-corrected chi connectivity index (χ0v) is 13.0. The van der Waals surface area contributed by atoms with Gasteiger partial charge in [-0.15, -0.1) is 0 Å². The molecule has 0 aliphatic heterocycles. The van der Waals surface area contributed by atoms with Crippen molar-refractivity contribution in [3.8, 4) is 11.6 Å². The molecule has 0 bridgehead atoms. The van der Waals surface area contributed by atoms with Crippen LogP contribution >= 0.6 is 11.6 Å². The van der Waals surface area contributed by atoms with E-state index in [0.29, 0.717) is 23.9 Å². The molecule has 0 atom stereocenters. The van der Waals surface area contributed by atoms with E-state index in [1.54, 1.807) is 0 Å². The molecule has 2 aromatic rings. The predicted octanol–water partition coefficient (Wildman–Crippen LogP) is 4.36. The largest absolute Gasteiger partial charge is 0.438 e. The highest BCUT2D eigenvalue weighted by molar-refractivity contribution is 6.30. The number of rotatable bonds is 5. The molecular weight excluding hydrogens is 293 g/mol. The summed E-state index contributed by atoms with van der Waals surface area (Å²) < 4.78 is 18.9. The van der Waals surface area contributed by atoms with Crippen LogP contribution in [0.25, 0.3) is 0 Å². The normalized spacial score (nSPS) is 10.5. The average molecular weight is 310 g/mol. The first kappa shape index (κ1) is 15.5. The van der Waals surface area contributed by atoms with E-state index in [1.165, 1.54) is 18.2 Å². The van der Waals surface area contributed by atoms with E-state index in [-0.39, 0.29) is 5.02 Å². The number of aromatic nitrogens is 2. The second kappa shape index (κ2) is 6.72. The fourth-order valence-electron chi connectivity index (χ4n) is 1.79. The van der Waals surface area contributed by atoms with Gasteiger partial charge in [0.1, 0.15) is 23.2 Å². The smallest absolute Gasteiger partial charge is 0.227 e. The highest BCUT2D eigenvalue weighted by Crippen LogP contribution is 2.29. The standard InChI is InChI=1S/C15H17ClFN3O/c1-4-13-19-14(18-5-2)9(3)15(20-13)21-10-6-7-12(17)11(16)8-10/h6-8H,4-5H2,1-3H3,(H,18,19,20). The molecule has 2 rings (SSSR count). The van der Waals surface area contributed by atoms with Crippen molar-refractivity contribution in [2.45, 2.75) is 27.2 Å². The van der Waals surface area contributed by atoms with Crippen LogP contribution < -0.4 is 10.1 Å². The molecule has 1 aromatic heterocycles. The van der Waals surface area contributed by atoms with E-state index < -0.39 is 5.82 Å². The predicted molar refractivity (Wildman–Crippen MR) is 81.8 cm³/mol. The fraction of sp³-hybridized carbons (Fsp3) is 0.333. The van der Waals surface area contributed by atoms with Crippen LogP contribution in [0.5, 0.6) is 11.6 Å². The Kier molecular flexibility index (Phi) is 4.96. The van der Waals surface area contributed by atoms with Gasteiger partial charge in [0.25, 0.3) is 0 Å². The van der Waals surface area contributed by atoms with Crippen LogP contribution in [0.1, 0.15) is 25.2 Å². The summed E-state index contributed by atoms with van der Waals surface area (Å²) in [5.74, 6) is 1.83. The van der Waals surface area contributed by atoms with Gasteiger partial charge in [-0.25, -0.2) is 9.37 Å². The number of nitrogens with zero attached hydrogens (tertiary/aromatic N) is 2. The zero-order valence-electron chi connectivity index (χ0n) is 12.2. The Morgan fingerprint density at radius 2 is 2.05 bits per heavy atom. The van der Waals surface area contributed by atoms with Gasteiger partial charge >= 0.3 is 0 Å². The summed E-state index contributed by atoms with van der Waals surface area (Å²) in [6.07, 6.45) is 0.694. The average Bonchev–Trinajstić information content (AvgIpc) is 2.47. The summed E-state index contributed by atoms with van der Waals surface area (Å²) in [5, 5.41) is 3.20. The molecule has 1 heterocycles. The van der Waals surface area contributed by atoms with Gasteiger partial charge in [0.05, 0.1) is 10.6 Å². The van der Waals surface area contributed by atoms with E-state index in [4.69, 9.17) is 16.3 Å². The van der Waals surface area contributed by atoms with E-state index >= 15 is 0 Å². The van der Waals surface area contributed by atoms with Crippen LogP contribution in [-0.2, 0) is 6.42 Å². The van der Waals surface area contributed by atoms with Crippen molar-refractivity contribution in [2.24, 2.45) is 0 Å². The van der Waals surface area contributed by atoms with Crippen molar-refractivity contribution in [3.05, 3.63) is 40.4 Å². The lowest BCUT2D eigenvalue weighted by molar-refractivity contribution is 0.453. The van der Waals surface area contributed by atoms with Crippen molar-refractivity contribution in [1.29, 1.82) is 0 Å². The molecule has 0 spiro atoms. The molecule has 6 heteroatoms. The fourth-order valence-corrected chi connectivity index (χ4v) is 1.96. The Morgan fingerprint density at radius 3 is 2.67 bits per heavy atom. The molecule has 0 unspecified atom stereocenters. The molecule has 0 radical (unpaired) electrons. The molecule has 0 amide bonds. The number of halogens is 2. The van der Waals surface area contributed by atoms with Gasteiger partial charge in [-0.1, -0.05) is 18.5 Å². The molecule has 4 nitrogen and oxygen atoms in total. The Balaban J connectivity index is 2.37. The van der Waals surface area contributed by atoms with Crippen molar-refractivity contribution < 1.29 is 9.13 Å². The second-order valence-corrected chi connectivity index (χ2v) is 4.89. The third kappa shape index (κ3) is 3.61. The van der Waals surface area contributed by atoms with Gasteiger partial charge in [0.2, 0.25) is 5.88 Å². The monoisotopic (exact) mass is 309 g/mol. The molecule has 1 aromatic carbocycles. The summed E-state index contributed by atoms with van der Waals surface area (Å²) in [5.41, 5.74) is 0.800. The molecular formula is C15H17ClFN3O. The maximum absolute atomic E-state index is 13.2. The highest BCUT2D eigenvalue weighted by atomic mass is 35.5. The van der Waals surface area contributed by atoms with Crippen molar-refractivity contribution in [1.82, 2.24) is 9.97 Å². The summed E-state index contributed by atoms with van der Waals surface area (Å²) in [4.78, 5) is 8.80. The van der Waals surface area contributed by atoms with Crippen LogP contribution in [0.4, 0.5) is 10.2 Å². The van der Waals surface area contributed by atoms with E-state index in [2.05, 4.69) is 15.3 Å². The molecule has 0 fully saturated rings. The maximum Gasteiger partial charge on any atom is 0.227 e. The van der Waals surface area contributed by atoms with E-state index in [1.807, 2.05) is 20.8 Å². The SMILES string of the molecule is CCNc1nc(CC)nc(Oc2ccc(F)c(Cl)c2)c1C. The van der Waals surface area contributed by atoms with Gasteiger partial charge in [0.15, 0.2) is 0 Å². The maximum atomic E-state index is 13.2. The molecule has 0 saturated carbocycles. The lowest BCUT2D eigenvalue weighted by atomic mass is 10.3. The van der Waals surface area contributed by atoms with Crippen molar-refractivity contribution in [3.63, 3.8) is 0 Å². The number of aryl methyl sites for hydroxylation is 1. The molecule has 21 heavy (non-hydrogen) atoms. The minimum absolute atomic E-state index is 0.0156. The quantitative estimate of drug-likeness (QED) is 0.891. The molecule has 1 N–H and O–H groups in total. The number of hydrogen-bond acceptors (Lipinski definition) is 4. The Labute approximate surface area is 128 Å². The summed E-state index contributed by atoms with van der Waals surface area (Å²) >= 11 is 5.76. The third-order valence-corrected chi connectivity index (χ3v) is 3.20. The minimum atomic E-state index is -0.481. The van der Waals surface area contributed by atoms with Gasteiger partial charge in [0, 0.05) is 19.0 Å². The number of hydrogen-bond donors (Lipinski definition) is 1. The van der Waals surface area contributed by atoms with Gasteiger partial charge in [-0.05, 0) is 26.0 Å². The summed E-state index contributed by atoms with van der Waals surface area (Å²) in [7, 11) is 0. The van der Waals surface area contributed by atoms with Crippen LogP contribution in [-0.4, -0.2) is 16.5 Å².